The first kappa shape index (κ1) is 12.9. The fraction of sp³-hybridized carbons (Fsp3) is 0.800. The quantitative estimate of drug-likeness (QED) is 0.647. The molecule has 6 heteroatoms. The third-order valence-corrected chi connectivity index (χ3v) is 1.89. The monoisotopic (exact) mass is 232 g/mol. The minimum atomic E-state index is -0.632. The zero-order chi connectivity index (χ0) is 12.2. The van der Waals surface area contributed by atoms with Crippen LogP contribution in [0.4, 0.5) is 0 Å². The highest BCUT2D eigenvalue weighted by Gasteiger charge is 2.33. The zero-order valence-electron chi connectivity index (χ0n) is 9.65. The molecule has 1 aliphatic heterocycles. The maximum atomic E-state index is 11.1. The summed E-state index contributed by atoms with van der Waals surface area (Å²) in [6.45, 7) is 4.91. The third kappa shape index (κ3) is 4.59. The Kier molecular flexibility index (Phi) is 4.26. The Bertz CT molecular complexity index is 272. The molecule has 0 aliphatic carbocycles. The molecule has 0 aromatic heterocycles. The van der Waals surface area contributed by atoms with Crippen LogP contribution in [0.2, 0.25) is 0 Å². The van der Waals surface area contributed by atoms with Crippen molar-refractivity contribution in [2.45, 2.75) is 32.7 Å². The van der Waals surface area contributed by atoms with Gasteiger partial charge in [-0.1, -0.05) is 0 Å². The van der Waals surface area contributed by atoms with Crippen LogP contribution in [0.5, 0.6) is 0 Å². The average Bonchev–Trinajstić information content (AvgIpc) is 2.52. The van der Waals surface area contributed by atoms with Gasteiger partial charge >= 0.3 is 11.9 Å². The van der Waals surface area contributed by atoms with Gasteiger partial charge in [0.15, 0.2) is 12.4 Å². The Morgan fingerprint density at radius 3 is 2.56 bits per heavy atom. The number of hydrogen-bond donors (Lipinski definition) is 0. The fourth-order valence-electron chi connectivity index (χ4n) is 1.23. The number of carbonyl (C=O) groups excluding carboxylic acids is 2. The first-order valence-electron chi connectivity index (χ1n) is 5.00. The van der Waals surface area contributed by atoms with Crippen molar-refractivity contribution in [2.75, 3.05) is 19.8 Å². The Balaban J connectivity index is 2.15. The summed E-state index contributed by atoms with van der Waals surface area (Å²) in [4.78, 5) is 21.5. The van der Waals surface area contributed by atoms with Gasteiger partial charge in [0.1, 0.15) is 12.7 Å². The highest BCUT2D eigenvalue weighted by Crippen LogP contribution is 2.22. The molecule has 1 fully saturated rings. The van der Waals surface area contributed by atoms with Crippen molar-refractivity contribution >= 4 is 11.9 Å². The van der Waals surface area contributed by atoms with E-state index in [-0.39, 0.29) is 19.3 Å². The van der Waals surface area contributed by atoms with E-state index in [0.29, 0.717) is 6.61 Å². The summed E-state index contributed by atoms with van der Waals surface area (Å²) >= 11 is 0. The van der Waals surface area contributed by atoms with Crippen LogP contribution in [0.1, 0.15) is 20.8 Å². The number of carbonyl (C=O) groups is 2. The van der Waals surface area contributed by atoms with E-state index in [1.54, 1.807) is 13.8 Å². The van der Waals surface area contributed by atoms with Gasteiger partial charge in [-0.3, -0.25) is 4.79 Å². The van der Waals surface area contributed by atoms with Gasteiger partial charge < -0.3 is 18.9 Å². The van der Waals surface area contributed by atoms with Gasteiger partial charge in [0.2, 0.25) is 0 Å². The van der Waals surface area contributed by atoms with Crippen LogP contribution in [0.15, 0.2) is 0 Å². The molecule has 0 aromatic rings. The lowest BCUT2D eigenvalue weighted by Crippen LogP contribution is -2.26. The molecule has 1 rings (SSSR count). The van der Waals surface area contributed by atoms with Gasteiger partial charge in [-0.25, -0.2) is 4.79 Å². The molecule has 0 spiro atoms. The normalized spacial score (nSPS) is 22.8. The Morgan fingerprint density at radius 1 is 1.38 bits per heavy atom. The first-order valence-corrected chi connectivity index (χ1v) is 5.00. The van der Waals surface area contributed by atoms with E-state index in [9.17, 15) is 9.59 Å². The highest BCUT2D eigenvalue weighted by molar-refractivity contribution is 5.75. The number of ether oxygens (including phenoxy) is 4. The minimum absolute atomic E-state index is 0.101. The largest absolute Gasteiger partial charge is 0.460 e. The van der Waals surface area contributed by atoms with Crippen LogP contribution < -0.4 is 0 Å². The molecular weight excluding hydrogens is 216 g/mol. The summed E-state index contributed by atoms with van der Waals surface area (Å²) < 4.78 is 20.0. The summed E-state index contributed by atoms with van der Waals surface area (Å²) in [5, 5.41) is 0. The predicted molar refractivity (Wildman–Crippen MR) is 52.5 cm³/mol. The maximum Gasteiger partial charge on any atom is 0.344 e. The Morgan fingerprint density at radius 2 is 2.06 bits per heavy atom. The fourth-order valence-corrected chi connectivity index (χ4v) is 1.23. The second-order valence-corrected chi connectivity index (χ2v) is 3.91. The second kappa shape index (κ2) is 5.27. The van der Waals surface area contributed by atoms with E-state index in [2.05, 4.69) is 4.74 Å². The average molecular weight is 232 g/mol. The van der Waals surface area contributed by atoms with Crippen molar-refractivity contribution in [3.05, 3.63) is 0 Å². The molecule has 92 valence electrons. The molecule has 1 atom stereocenters. The van der Waals surface area contributed by atoms with Crippen LogP contribution in [0.3, 0.4) is 0 Å². The Labute approximate surface area is 93.8 Å². The van der Waals surface area contributed by atoms with Gasteiger partial charge in [0.05, 0.1) is 6.61 Å². The standard InChI is InChI=1S/C10H16O6/c1-7(11)13-6-9(12)14-4-8-5-15-10(2,3)16-8/h8H,4-6H2,1-3H3. The summed E-state index contributed by atoms with van der Waals surface area (Å²) in [6.07, 6.45) is -0.267. The van der Waals surface area contributed by atoms with E-state index in [1.165, 1.54) is 6.92 Å². The summed E-state index contributed by atoms with van der Waals surface area (Å²) in [6, 6.07) is 0. The summed E-state index contributed by atoms with van der Waals surface area (Å²) in [5.41, 5.74) is 0. The first-order chi connectivity index (χ1) is 7.39. The van der Waals surface area contributed by atoms with Crippen molar-refractivity contribution in [2.24, 2.45) is 0 Å². The number of esters is 2. The third-order valence-electron chi connectivity index (χ3n) is 1.89. The molecular formula is C10H16O6. The smallest absolute Gasteiger partial charge is 0.344 e. The van der Waals surface area contributed by atoms with Crippen molar-refractivity contribution in [3.63, 3.8) is 0 Å². The maximum absolute atomic E-state index is 11.1. The van der Waals surface area contributed by atoms with Crippen LogP contribution in [0.25, 0.3) is 0 Å². The van der Waals surface area contributed by atoms with E-state index < -0.39 is 17.7 Å². The molecule has 0 radical (unpaired) electrons. The van der Waals surface area contributed by atoms with E-state index >= 15 is 0 Å². The van der Waals surface area contributed by atoms with Gasteiger partial charge in [-0.15, -0.1) is 0 Å². The molecule has 0 amide bonds. The lowest BCUT2D eigenvalue weighted by atomic mass is 10.4. The van der Waals surface area contributed by atoms with Crippen molar-refractivity contribution in [3.8, 4) is 0 Å². The molecule has 1 heterocycles. The van der Waals surface area contributed by atoms with E-state index in [0.717, 1.165) is 0 Å². The van der Waals surface area contributed by atoms with Gasteiger partial charge in [0, 0.05) is 6.92 Å². The SMILES string of the molecule is CC(=O)OCC(=O)OCC1COC(C)(C)O1. The van der Waals surface area contributed by atoms with Crippen molar-refractivity contribution in [1.29, 1.82) is 0 Å². The molecule has 0 saturated carbocycles. The Hall–Kier alpha value is -1.14. The summed E-state index contributed by atoms with van der Waals surface area (Å²) in [7, 11) is 0. The van der Waals surface area contributed by atoms with Gasteiger partial charge in [-0.2, -0.15) is 0 Å². The molecule has 0 N–H and O–H groups in total. The van der Waals surface area contributed by atoms with Gasteiger partial charge in [-0.05, 0) is 13.8 Å². The predicted octanol–water partition coefficient (Wildman–Crippen LogP) is 0.244. The summed E-state index contributed by atoms with van der Waals surface area (Å²) in [5.74, 6) is -1.74. The van der Waals surface area contributed by atoms with Crippen LogP contribution in [-0.2, 0) is 28.5 Å². The lowest BCUT2D eigenvalue weighted by molar-refractivity contribution is -0.165. The second-order valence-electron chi connectivity index (χ2n) is 3.91. The molecule has 6 nitrogen and oxygen atoms in total. The number of hydrogen-bond acceptors (Lipinski definition) is 6. The van der Waals surface area contributed by atoms with Crippen LogP contribution in [0, 0.1) is 0 Å². The van der Waals surface area contributed by atoms with Gasteiger partial charge in [0.25, 0.3) is 0 Å². The lowest BCUT2D eigenvalue weighted by Gasteiger charge is -2.16. The minimum Gasteiger partial charge on any atom is -0.460 e. The van der Waals surface area contributed by atoms with Crippen LogP contribution >= 0.6 is 0 Å². The highest BCUT2D eigenvalue weighted by atomic mass is 16.7. The molecule has 16 heavy (non-hydrogen) atoms. The molecule has 1 aliphatic rings. The number of rotatable bonds is 4. The van der Waals surface area contributed by atoms with Crippen molar-refractivity contribution < 1.29 is 28.5 Å². The molecule has 1 unspecified atom stereocenters. The zero-order valence-corrected chi connectivity index (χ0v) is 9.65. The van der Waals surface area contributed by atoms with E-state index in [4.69, 9.17) is 14.2 Å². The topological polar surface area (TPSA) is 71.1 Å². The van der Waals surface area contributed by atoms with E-state index in [1.807, 2.05) is 0 Å². The molecule has 0 bridgehead atoms. The molecule has 1 saturated heterocycles. The van der Waals surface area contributed by atoms with Crippen molar-refractivity contribution in [1.82, 2.24) is 0 Å². The molecule has 0 aromatic carbocycles. The van der Waals surface area contributed by atoms with Crippen LogP contribution in [-0.4, -0.2) is 43.7 Å².